The Labute approximate surface area is 131 Å². The Morgan fingerprint density at radius 3 is 2.86 bits per heavy atom. The molecule has 0 spiro atoms. The third-order valence-corrected chi connectivity index (χ3v) is 6.64. The second kappa shape index (κ2) is 6.84. The summed E-state index contributed by atoms with van der Waals surface area (Å²) < 4.78 is 27.1. The van der Waals surface area contributed by atoms with Crippen molar-refractivity contribution >= 4 is 21.8 Å². The van der Waals surface area contributed by atoms with Crippen LogP contribution in [0.15, 0.2) is 23.1 Å². The van der Waals surface area contributed by atoms with Crippen LogP contribution in [0, 0.1) is 18.8 Å². The maximum absolute atomic E-state index is 12.7. The monoisotopic (exact) mass is 324 g/mol. The molecule has 1 fully saturated rings. The molecular weight excluding hydrogens is 304 g/mol. The molecule has 2 rings (SSSR count). The normalized spacial score (nSPS) is 19.9. The third-order valence-electron chi connectivity index (χ3n) is 3.44. The molecule has 0 saturated carbocycles. The van der Waals surface area contributed by atoms with Crippen LogP contribution in [0.5, 0.6) is 0 Å². The number of nitrogens with two attached hydrogens (primary N) is 1. The number of benzene rings is 1. The molecule has 2 N–H and O–H groups in total. The molecule has 1 heterocycles. The Balaban J connectivity index is 2.34. The molecule has 1 unspecified atom stereocenters. The van der Waals surface area contributed by atoms with E-state index in [-0.39, 0.29) is 6.04 Å². The average Bonchev–Trinajstić information content (AvgIpc) is 2.46. The van der Waals surface area contributed by atoms with E-state index in [0.717, 1.165) is 22.6 Å². The first-order valence-electron chi connectivity index (χ1n) is 6.86. The van der Waals surface area contributed by atoms with Gasteiger partial charge in [0.15, 0.2) is 0 Å². The predicted molar refractivity (Wildman–Crippen MR) is 87.8 cm³/mol. The molecule has 0 aromatic heterocycles. The van der Waals surface area contributed by atoms with Crippen LogP contribution in [0.25, 0.3) is 0 Å². The summed E-state index contributed by atoms with van der Waals surface area (Å²) in [4.78, 5) is 0.344. The van der Waals surface area contributed by atoms with Crippen molar-refractivity contribution in [2.24, 2.45) is 5.73 Å². The number of nitrogens with zero attached hydrogens (tertiary/aromatic N) is 1. The van der Waals surface area contributed by atoms with E-state index in [9.17, 15) is 8.42 Å². The lowest BCUT2D eigenvalue weighted by Crippen LogP contribution is -2.44. The lowest BCUT2D eigenvalue weighted by Gasteiger charge is -2.32. The van der Waals surface area contributed by atoms with Crippen molar-refractivity contribution in [1.29, 1.82) is 0 Å². The summed E-state index contributed by atoms with van der Waals surface area (Å²) in [7, 11) is -3.42. The van der Waals surface area contributed by atoms with E-state index in [4.69, 9.17) is 5.73 Å². The van der Waals surface area contributed by atoms with Crippen molar-refractivity contribution in [3.63, 3.8) is 0 Å². The first-order valence-corrected chi connectivity index (χ1v) is 9.45. The molecule has 114 valence electrons. The van der Waals surface area contributed by atoms with Gasteiger partial charge < -0.3 is 5.73 Å². The van der Waals surface area contributed by atoms with E-state index in [1.807, 2.05) is 13.8 Å². The van der Waals surface area contributed by atoms with Gasteiger partial charge >= 0.3 is 0 Å². The summed E-state index contributed by atoms with van der Waals surface area (Å²) in [5.41, 5.74) is 7.04. The summed E-state index contributed by atoms with van der Waals surface area (Å²) in [6.07, 6.45) is 0. The molecular formula is C15H20N2O2S2. The van der Waals surface area contributed by atoms with Gasteiger partial charge in [0.25, 0.3) is 0 Å². The van der Waals surface area contributed by atoms with Crippen LogP contribution < -0.4 is 5.73 Å². The average molecular weight is 324 g/mol. The van der Waals surface area contributed by atoms with Gasteiger partial charge in [-0.05, 0) is 37.6 Å². The summed E-state index contributed by atoms with van der Waals surface area (Å²) in [5, 5.41) is 0. The van der Waals surface area contributed by atoms with Crippen LogP contribution >= 0.6 is 11.8 Å². The van der Waals surface area contributed by atoms with Gasteiger partial charge in [0.2, 0.25) is 10.0 Å². The van der Waals surface area contributed by atoms with Gasteiger partial charge in [-0.15, -0.1) is 0 Å². The SMILES string of the molecule is Cc1cc(S(=O)(=O)N2CCSCC2C)ccc1C#CCN. The third kappa shape index (κ3) is 3.61. The number of aryl methyl sites for hydroxylation is 1. The zero-order chi connectivity index (χ0) is 15.5. The minimum absolute atomic E-state index is 0.0331. The van der Waals surface area contributed by atoms with E-state index < -0.39 is 10.0 Å². The molecule has 1 aromatic carbocycles. The topological polar surface area (TPSA) is 63.4 Å². The molecule has 4 nitrogen and oxygen atoms in total. The fourth-order valence-electron chi connectivity index (χ4n) is 2.29. The highest BCUT2D eigenvalue weighted by atomic mass is 32.2. The summed E-state index contributed by atoms with van der Waals surface area (Å²) in [5.74, 6) is 7.44. The molecule has 21 heavy (non-hydrogen) atoms. The highest BCUT2D eigenvalue weighted by molar-refractivity contribution is 7.99. The van der Waals surface area contributed by atoms with Gasteiger partial charge in [-0.25, -0.2) is 8.42 Å². The lowest BCUT2D eigenvalue weighted by molar-refractivity contribution is 0.367. The smallest absolute Gasteiger partial charge is 0.243 e. The van der Waals surface area contributed by atoms with Crippen molar-refractivity contribution < 1.29 is 8.42 Å². The number of hydrogen-bond acceptors (Lipinski definition) is 4. The molecule has 1 aromatic rings. The Kier molecular flexibility index (Phi) is 5.33. The minimum Gasteiger partial charge on any atom is -0.320 e. The number of rotatable bonds is 2. The van der Waals surface area contributed by atoms with Crippen molar-refractivity contribution in [3.8, 4) is 11.8 Å². The predicted octanol–water partition coefficient (Wildman–Crippen LogP) is 1.43. The Bertz CT molecular complexity index is 675. The van der Waals surface area contributed by atoms with Gasteiger partial charge in [0, 0.05) is 29.7 Å². The van der Waals surface area contributed by atoms with Gasteiger partial charge in [-0.2, -0.15) is 16.1 Å². The Morgan fingerprint density at radius 2 is 2.24 bits per heavy atom. The van der Waals surface area contributed by atoms with Crippen LogP contribution in [0.3, 0.4) is 0 Å². The first-order chi connectivity index (χ1) is 9.96. The van der Waals surface area contributed by atoms with E-state index in [2.05, 4.69) is 11.8 Å². The maximum Gasteiger partial charge on any atom is 0.243 e. The summed E-state index contributed by atoms with van der Waals surface area (Å²) in [6, 6.07) is 5.13. The van der Waals surface area contributed by atoms with Crippen molar-refractivity contribution in [1.82, 2.24) is 4.31 Å². The highest BCUT2D eigenvalue weighted by Crippen LogP contribution is 2.25. The highest BCUT2D eigenvalue weighted by Gasteiger charge is 2.31. The fraction of sp³-hybridized carbons (Fsp3) is 0.467. The molecule has 1 atom stereocenters. The molecule has 0 radical (unpaired) electrons. The quantitative estimate of drug-likeness (QED) is 0.836. The van der Waals surface area contributed by atoms with E-state index in [1.165, 1.54) is 0 Å². The molecule has 0 aliphatic carbocycles. The van der Waals surface area contributed by atoms with Crippen LogP contribution in [0.2, 0.25) is 0 Å². The summed E-state index contributed by atoms with van der Waals surface area (Å²) in [6.45, 7) is 4.69. The van der Waals surface area contributed by atoms with Gasteiger partial charge in [0.1, 0.15) is 0 Å². The minimum atomic E-state index is -3.42. The maximum atomic E-state index is 12.7. The fourth-order valence-corrected chi connectivity index (χ4v) is 5.23. The first kappa shape index (κ1) is 16.4. The standard InChI is InChI=1S/C15H20N2O2S2/c1-12-10-15(6-5-14(12)4-3-7-16)21(18,19)17-8-9-20-11-13(17)2/h5-6,10,13H,7-9,11,16H2,1-2H3. The van der Waals surface area contributed by atoms with Crippen LogP contribution in [0.4, 0.5) is 0 Å². The van der Waals surface area contributed by atoms with Gasteiger partial charge in [0.05, 0.1) is 11.4 Å². The molecule has 1 aliphatic rings. The zero-order valence-electron chi connectivity index (χ0n) is 12.3. The van der Waals surface area contributed by atoms with Crippen molar-refractivity contribution in [2.75, 3.05) is 24.6 Å². The molecule has 0 amide bonds. The van der Waals surface area contributed by atoms with E-state index >= 15 is 0 Å². The van der Waals surface area contributed by atoms with Gasteiger partial charge in [-0.1, -0.05) is 11.8 Å². The molecule has 6 heteroatoms. The van der Waals surface area contributed by atoms with Crippen LogP contribution in [0.1, 0.15) is 18.1 Å². The number of hydrogen-bond donors (Lipinski definition) is 1. The van der Waals surface area contributed by atoms with Crippen molar-refractivity contribution in [2.45, 2.75) is 24.8 Å². The van der Waals surface area contributed by atoms with Crippen LogP contribution in [-0.4, -0.2) is 43.4 Å². The van der Waals surface area contributed by atoms with E-state index in [1.54, 1.807) is 34.3 Å². The molecule has 1 saturated heterocycles. The number of sulfonamides is 1. The van der Waals surface area contributed by atoms with Crippen LogP contribution in [-0.2, 0) is 10.0 Å². The molecule has 0 bridgehead atoms. The zero-order valence-corrected chi connectivity index (χ0v) is 13.9. The van der Waals surface area contributed by atoms with E-state index in [0.29, 0.717) is 18.0 Å². The molecule has 1 aliphatic heterocycles. The van der Waals surface area contributed by atoms with Gasteiger partial charge in [-0.3, -0.25) is 0 Å². The Hall–Kier alpha value is -1.00. The second-order valence-corrected chi connectivity index (χ2v) is 8.06. The second-order valence-electron chi connectivity index (χ2n) is 5.02. The number of thioether (sulfide) groups is 1. The largest absolute Gasteiger partial charge is 0.320 e. The van der Waals surface area contributed by atoms with Crippen molar-refractivity contribution in [3.05, 3.63) is 29.3 Å². The lowest BCUT2D eigenvalue weighted by atomic mass is 10.1. The Morgan fingerprint density at radius 1 is 1.48 bits per heavy atom. The summed E-state index contributed by atoms with van der Waals surface area (Å²) >= 11 is 1.80.